The first-order valence-corrected chi connectivity index (χ1v) is 13.2. The van der Waals surface area contributed by atoms with Gasteiger partial charge in [0.2, 0.25) is 16.9 Å². The number of hydrogen-bond donors (Lipinski definition) is 11. The predicted octanol–water partition coefficient (Wildman–Crippen LogP) is -3.07. The van der Waals surface area contributed by atoms with Gasteiger partial charge in [-0.3, -0.25) is 4.79 Å². The number of aromatic hydroxyl groups is 3. The van der Waals surface area contributed by atoms with Crippen LogP contribution in [0, 0.1) is 0 Å². The van der Waals surface area contributed by atoms with Crippen LogP contribution in [0.2, 0.25) is 0 Å². The Kier molecular flexibility index (Phi) is 8.87. The van der Waals surface area contributed by atoms with E-state index in [1.165, 1.54) is 24.3 Å². The van der Waals surface area contributed by atoms with E-state index in [1.54, 1.807) is 0 Å². The molecule has 10 atom stereocenters. The Hall–Kier alpha value is -3.75. The number of ether oxygens (including phenoxy) is 4. The molecule has 0 aliphatic carbocycles. The quantitative estimate of drug-likeness (QED) is 0.124. The first-order chi connectivity index (χ1) is 20.8. The van der Waals surface area contributed by atoms with Crippen LogP contribution in [-0.2, 0) is 9.47 Å². The number of fused-ring (bicyclic) bond motifs is 1. The van der Waals surface area contributed by atoms with Crippen LogP contribution in [0.1, 0.15) is 0 Å². The summed E-state index contributed by atoms with van der Waals surface area (Å²) in [7, 11) is 0. The second-order valence-corrected chi connectivity index (χ2v) is 10.3. The minimum absolute atomic E-state index is 0.127. The van der Waals surface area contributed by atoms with E-state index in [9.17, 15) is 61.0 Å². The molecule has 0 saturated carbocycles. The summed E-state index contributed by atoms with van der Waals surface area (Å²) in [4.78, 5) is 13.8. The molecule has 3 heterocycles. The number of benzene rings is 2. The van der Waals surface area contributed by atoms with Crippen LogP contribution in [-0.4, -0.2) is 131 Å². The third-order valence-corrected chi connectivity index (χ3v) is 7.34. The van der Waals surface area contributed by atoms with Crippen molar-refractivity contribution in [2.24, 2.45) is 0 Å². The van der Waals surface area contributed by atoms with E-state index < -0.39 is 108 Å². The van der Waals surface area contributed by atoms with Crippen molar-refractivity contribution in [3.05, 3.63) is 40.6 Å². The van der Waals surface area contributed by atoms with Gasteiger partial charge in [-0.05, 0) is 24.3 Å². The van der Waals surface area contributed by atoms with Crippen LogP contribution < -0.4 is 14.9 Å². The van der Waals surface area contributed by atoms with Gasteiger partial charge in [0.15, 0.2) is 29.8 Å². The summed E-state index contributed by atoms with van der Waals surface area (Å²) in [5.41, 5.74) is -1.22. The molecule has 3 aromatic rings. The van der Waals surface area contributed by atoms with Gasteiger partial charge in [0.1, 0.15) is 78.8 Å². The van der Waals surface area contributed by atoms with E-state index in [0.29, 0.717) is 0 Å². The maximum absolute atomic E-state index is 13.8. The molecule has 2 aliphatic heterocycles. The zero-order valence-electron chi connectivity index (χ0n) is 22.4. The summed E-state index contributed by atoms with van der Waals surface area (Å²) < 4.78 is 26.9. The van der Waals surface area contributed by atoms with Crippen LogP contribution in [0.15, 0.2) is 39.5 Å². The molecular weight excluding hydrogens is 596 g/mol. The SMILES string of the molecule is O=c1c(OC[C@H]2O[C@@H](O)[C@H](O)[C@@H](O)[C@@H]2O)c(-c2ccc(O)cc2)oc2cc(O)c(OC[C@@H]3O[C@H](O)[C@@H](O)[C@H](O)[C@H]3O)c(O)c12. The van der Waals surface area contributed by atoms with Gasteiger partial charge in [0, 0.05) is 11.6 Å². The summed E-state index contributed by atoms with van der Waals surface area (Å²) >= 11 is 0. The molecule has 0 radical (unpaired) electrons. The van der Waals surface area contributed by atoms with Crippen molar-refractivity contribution in [2.45, 2.75) is 61.4 Å². The molecule has 2 fully saturated rings. The molecule has 5 rings (SSSR count). The number of hydrogen-bond acceptors (Lipinski definition) is 17. The van der Waals surface area contributed by atoms with Crippen LogP contribution in [0.25, 0.3) is 22.3 Å². The Bertz CT molecular complexity index is 1540. The summed E-state index contributed by atoms with van der Waals surface area (Å²) in [6.45, 7) is -1.37. The standard InChI is InChI=1S/C27H30O17/c28-9-3-1-8(2-4-9)23-25(41-7-13-16(31)20(35)22(37)27(39)44-13)18(33)14-11(42-23)5-10(29)24(17(14)32)40-6-12-15(30)19(34)21(36)26(38)43-12/h1-5,12-13,15-16,19-22,26-32,34-39H,6-7H2/t12-,13+,15-,16+,19+,20-,21-,22+,26-,27+/m0/s1. The average Bonchev–Trinajstić information content (AvgIpc) is 2.99. The smallest absolute Gasteiger partial charge is 0.239 e. The van der Waals surface area contributed by atoms with Gasteiger partial charge in [0.05, 0.1) is 0 Å². The lowest BCUT2D eigenvalue weighted by Gasteiger charge is -2.38. The van der Waals surface area contributed by atoms with Gasteiger partial charge in [-0.25, -0.2) is 0 Å². The zero-order chi connectivity index (χ0) is 32.0. The first-order valence-electron chi connectivity index (χ1n) is 13.2. The minimum Gasteiger partial charge on any atom is -0.508 e. The van der Waals surface area contributed by atoms with E-state index >= 15 is 0 Å². The fourth-order valence-electron chi connectivity index (χ4n) is 4.83. The molecule has 0 spiro atoms. The zero-order valence-corrected chi connectivity index (χ0v) is 22.4. The van der Waals surface area contributed by atoms with Crippen molar-refractivity contribution in [3.63, 3.8) is 0 Å². The lowest BCUT2D eigenvalue weighted by molar-refractivity contribution is -0.285. The van der Waals surface area contributed by atoms with Crippen molar-refractivity contribution in [1.82, 2.24) is 0 Å². The van der Waals surface area contributed by atoms with Crippen molar-refractivity contribution in [1.29, 1.82) is 0 Å². The number of rotatable bonds is 7. The number of aliphatic hydroxyl groups is 8. The van der Waals surface area contributed by atoms with Gasteiger partial charge < -0.3 is 79.5 Å². The Labute approximate surface area is 246 Å². The highest BCUT2D eigenvalue weighted by molar-refractivity contribution is 5.91. The fraction of sp³-hybridized carbons (Fsp3) is 0.444. The molecule has 1 aromatic heterocycles. The van der Waals surface area contributed by atoms with Gasteiger partial charge in [-0.1, -0.05) is 0 Å². The maximum Gasteiger partial charge on any atom is 0.239 e. The summed E-state index contributed by atoms with van der Waals surface area (Å²) in [5, 5.41) is 110. The Morgan fingerprint density at radius 1 is 0.659 bits per heavy atom. The summed E-state index contributed by atoms with van der Waals surface area (Å²) in [5.74, 6) is -3.35. The third-order valence-electron chi connectivity index (χ3n) is 7.34. The molecule has 11 N–H and O–H groups in total. The van der Waals surface area contributed by atoms with Gasteiger partial charge in [0.25, 0.3) is 0 Å². The largest absolute Gasteiger partial charge is 0.508 e. The summed E-state index contributed by atoms with van der Waals surface area (Å²) in [6, 6.07) is 6.17. The van der Waals surface area contributed by atoms with E-state index in [4.69, 9.17) is 23.4 Å². The second-order valence-electron chi connectivity index (χ2n) is 10.3. The second kappa shape index (κ2) is 12.3. The van der Waals surface area contributed by atoms with Gasteiger partial charge in [-0.15, -0.1) is 0 Å². The normalized spacial score (nSPS) is 32.5. The van der Waals surface area contributed by atoms with Crippen LogP contribution in [0.4, 0.5) is 0 Å². The first kappa shape index (κ1) is 31.7. The van der Waals surface area contributed by atoms with Crippen LogP contribution in [0.3, 0.4) is 0 Å². The number of phenols is 3. The molecule has 0 amide bonds. The molecule has 240 valence electrons. The minimum atomic E-state index is -1.89. The Morgan fingerprint density at radius 3 is 1.68 bits per heavy atom. The predicted molar refractivity (Wildman–Crippen MR) is 142 cm³/mol. The highest BCUT2D eigenvalue weighted by Crippen LogP contribution is 2.44. The summed E-state index contributed by atoms with van der Waals surface area (Å²) in [6.07, 6.45) is -17.4. The molecule has 2 saturated heterocycles. The van der Waals surface area contributed by atoms with Crippen molar-refractivity contribution in [3.8, 4) is 40.1 Å². The van der Waals surface area contributed by atoms with E-state index in [2.05, 4.69) is 0 Å². The topological polar surface area (TPSA) is 290 Å². The van der Waals surface area contributed by atoms with E-state index in [1.807, 2.05) is 0 Å². The molecular formula is C27H30O17. The van der Waals surface area contributed by atoms with E-state index in [-0.39, 0.29) is 22.7 Å². The molecule has 0 unspecified atom stereocenters. The third kappa shape index (κ3) is 5.73. The number of phenolic OH excluding ortho intramolecular Hbond substituents is 3. The average molecular weight is 627 g/mol. The lowest BCUT2D eigenvalue weighted by atomic mass is 9.99. The highest BCUT2D eigenvalue weighted by Gasteiger charge is 2.44. The highest BCUT2D eigenvalue weighted by atomic mass is 16.7. The van der Waals surface area contributed by atoms with Gasteiger partial charge >= 0.3 is 0 Å². The molecule has 2 aliphatic rings. The van der Waals surface area contributed by atoms with Gasteiger partial charge in [-0.2, -0.15) is 0 Å². The molecule has 17 nitrogen and oxygen atoms in total. The van der Waals surface area contributed by atoms with E-state index in [0.717, 1.165) is 6.07 Å². The Morgan fingerprint density at radius 2 is 1.16 bits per heavy atom. The molecule has 44 heavy (non-hydrogen) atoms. The molecule has 0 bridgehead atoms. The van der Waals surface area contributed by atoms with Crippen molar-refractivity contribution in [2.75, 3.05) is 13.2 Å². The van der Waals surface area contributed by atoms with Crippen LogP contribution in [0.5, 0.6) is 28.7 Å². The monoisotopic (exact) mass is 626 g/mol. The number of aliphatic hydroxyl groups excluding tert-OH is 8. The van der Waals surface area contributed by atoms with Crippen molar-refractivity contribution < 1.29 is 79.5 Å². The maximum atomic E-state index is 13.8. The lowest BCUT2D eigenvalue weighted by Crippen LogP contribution is -2.58. The van der Waals surface area contributed by atoms with Crippen LogP contribution >= 0.6 is 0 Å². The fourth-order valence-corrected chi connectivity index (χ4v) is 4.83. The molecule has 2 aromatic carbocycles. The van der Waals surface area contributed by atoms with Crippen molar-refractivity contribution >= 4 is 11.0 Å². The Balaban J connectivity index is 1.52. The molecule has 17 heteroatoms.